The minimum atomic E-state index is -3.69. The smallest absolute Gasteiger partial charge is 0.307 e. The summed E-state index contributed by atoms with van der Waals surface area (Å²) in [6, 6.07) is 8.79. The molecule has 2 unspecified atom stereocenters. The zero-order valence-corrected chi connectivity index (χ0v) is 18.1. The van der Waals surface area contributed by atoms with Crippen molar-refractivity contribution in [3.63, 3.8) is 0 Å². The highest BCUT2D eigenvalue weighted by Crippen LogP contribution is 2.23. The quantitative estimate of drug-likeness (QED) is 0.565. The normalized spacial score (nSPS) is 17.4. The Bertz CT molecular complexity index is 952. The number of hydrogen-bond acceptors (Lipinski definition) is 7. The predicted octanol–water partition coefficient (Wildman–Crippen LogP) is 2.24. The maximum atomic E-state index is 12.6. The van der Waals surface area contributed by atoms with E-state index in [4.69, 9.17) is 9.47 Å². The van der Waals surface area contributed by atoms with E-state index in [1.54, 1.807) is 0 Å². The summed E-state index contributed by atoms with van der Waals surface area (Å²) in [5.41, 5.74) is 0.291. The predicted molar refractivity (Wildman–Crippen MR) is 112 cm³/mol. The number of thiophene rings is 1. The van der Waals surface area contributed by atoms with Crippen molar-refractivity contribution in [1.82, 2.24) is 10.0 Å². The Hall–Kier alpha value is -2.27. The first-order chi connectivity index (χ1) is 14.4. The Morgan fingerprint density at radius 3 is 2.63 bits per heavy atom. The highest BCUT2D eigenvalue weighted by Gasteiger charge is 2.22. The zero-order valence-electron chi connectivity index (χ0n) is 16.5. The van der Waals surface area contributed by atoms with Gasteiger partial charge in [0.05, 0.1) is 30.6 Å². The lowest BCUT2D eigenvalue weighted by atomic mass is 10.1. The number of rotatable bonds is 9. The summed E-state index contributed by atoms with van der Waals surface area (Å²) in [6.07, 6.45) is 1.66. The van der Waals surface area contributed by atoms with E-state index >= 15 is 0 Å². The molecular weight excluding hydrogens is 428 g/mol. The van der Waals surface area contributed by atoms with Gasteiger partial charge < -0.3 is 14.8 Å². The number of methoxy groups -OCH3 is 1. The zero-order chi connectivity index (χ0) is 21.6. The lowest BCUT2D eigenvalue weighted by Crippen LogP contribution is -2.32. The van der Waals surface area contributed by atoms with Gasteiger partial charge in [-0.2, -0.15) is 0 Å². The Kier molecular flexibility index (Phi) is 7.59. The molecular formula is C20H24N2O6S2. The van der Waals surface area contributed by atoms with Crippen molar-refractivity contribution in [3.05, 3.63) is 52.2 Å². The fourth-order valence-corrected chi connectivity index (χ4v) is 4.92. The van der Waals surface area contributed by atoms with Crippen LogP contribution in [0.25, 0.3) is 0 Å². The molecule has 0 bridgehead atoms. The van der Waals surface area contributed by atoms with Crippen LogP contribution in [-0.4, -0.2) is 46.7 Å². The molecule has 1 fully saturated rings. The third-order valence-corrected chi connectivity index (χ3v) is 7.17. The van der Waals surface area contributed by atoms with Crippen LogP contribution >= 0.6 is 11.3 Å². The van der Waals surface area contributed by atoms with Gasteiger partial charge in [-0.05, 0) is 48.6 Å². The average Bonchev–Trinajstić information content (AvgIpc) is 3.46. The van der Waals surface area contributed by atoms with Gasteiger partial charge in [-0.3, -0.25) is 9.59 Å². The molecule has 2 atom stereocenters. The van der Waals surface area contributed by atoms with Crippen LogP contribution in [0.3, 0.4) is 0 Å². The number of carbonyl (C=O) groups excluding carboxylic acids is 2. The monoisotopic (exact) mass is 452 g/mol. The lowest BCUT2D eigenvalue weighted by molar-refractivity contribution is -0.141. The van der Waals surface area contributed by atoms with E-state index in [-0.39, 0.29) is 24.0 Å². The van der Waals surface area contributed by atoms with Crippen LogP contribution in [0.2, 0.25) is 0 Å². The van der Waals surface area contributed by atoms with Crippen molar-refractivity contribution in [2.24, 2.45) is 0 Å². The van der Waals surface area contributed by atoms with Crippen LogP contribution in [-0.2, 0) is 24.3 Å². The number of amides is 1. The molecule has 8 nitrogen and oxygen atoms in total. The third-order valence-electron chi connectivity index (χ3n) is 4.74. The molecule has 1 aromatic carbocycles. The molecule has 10 heteroatoms. The number of carbonyl (C=O) groups is 2. The molecule has 2 aromatic rings. The first-order valence-electron chi connectivity index (χ1n) is 9.51. The summed E-state index contributed by atoms with van der Waals surface area (Å²) < 4.78 is 37.6. The molecule has 1 aromatic heterocycles. The molecule has 1 amide bonds. The van der Waals surface area contributed by atoms with Crippen molar-refractivity contribution in [2.75, 3.05) is 20.3 Å². The van der Waals surface area contributed by atoms with E-state index in [0.29, 0.717) is 12.2 Å². The minimum Gasteiger partial charge on any atom is -0.469 e. The third kappa shape index (κ3) is 5.88. The fraction of sp³-hybridized carbons (Fsp3) is 0.400. The highest BCUT2D eigenvalue weighted by molar-refractivity contribution is 7.89. The first-order valence-corrected chi connectivity index (χ1v) is 11.9. The Morgan fingerprint density at radius 1 is 1.27 bits per heavy atom. The second-order valence-electron chi connectivity index (χ2n) is 6.83. The van der Waals surface area contributed by atoms with Crippen LogP contribution in [0.5, 0.6) is 0 Å². The highest BCUT2D eigenvalue weighted by atomic mass is 32.2. The summed E-state index contributed by atoms with van der Waals surface area (Å²) in [5, 5.41) is 4.67. The van der Waals surface area contributed by atoms with Crippen molar-refractivity contribution in [2.45, 2.75) is 36.3 Å². The van der Waals surface area contributed by atoms with Gasteiger partial charge in [0.25, 0.3) is 5.91 Å². The molecule has 2 heterocycles. The summed E-state index contributed by atoms with van der Waals surface area (Å²) in [7, 11) is -2.40. The molecule has 162 valence electrons. The molecule has 0 radical (unpaired) electrons. The molecule has 0 saturated carbocycles. The number of ether oxygens (including phenoxy) is 2. The number of nitrogens with one attached hydrogen (secondary N) is 2. The maximum absolute atomic E-state index is 12.6. The van der Waals surface area contributed by atoms with Crippen LogP contribution in [0, 0.1) is 0 Å². The fourth-order valence-electron chi connectivity index (χ4n) is 3.08. The van der Waals surface area contributed by atoms with E-state index in [2.05, 4.69) is 10.0 Å². The molecule has 3 rings (SSSR count). The van der Waals surface area contributed by atoms with Crippen LogP contribution in [0.1, 0.15) is 40.5 Å². The van der Waals surface area contributed by atoms with E-state index < -0.39 is 27.9 Å². The molecule has 0 spiro atoms. The first kappa shape index (κ1) is 22.4. The van der Waals surface area contributed by atoms with Crippen LogP contribution in [0.15, 0.2) is 46.7 Å². The second kappa shape index (κ2) is 10.2. The van der Waals surface area contributed by atoms with Gasteiger partial charge in [0, 0.05) is 23.6 Å². The van der Waals surface area contributed by atoms with E-state index in [0.717, 1.165) is 17.7 Å². The largest absolute Gasteiger partial charge is 0.469 e. The molecule has 0 aliphatic carbocycles. The van der Waals surface area contributed by atoms with Gasteiger partial charge in [-0.1, -0.05) is 6.07 Å². The number of hydrogen-bond donors (Lipinski definition) is 2. The van der Waals surface area contributed by atoms with Gasteiger partial charge in [0.2, 0.25) is 10.0 Å². The van der Waals surface area contributed by atoms with Gasteiger partial charge in [-0.25, -0.2) is 13.1 Å². The van der Waals surface area contributed by atoms with Crippen molar-refractivity contribution >= 4 is 33.2 Å². The van der Waals surface area contributed by atoms with Gasteiger partial charge >= 0.3 is 5.97 Å². The molecule has 2 N–H and O–H groups in total. The van der Waals surface area contributed by atoms with Gasteiger partial charge in [0.1, 0.15) is 0 Å². The van der Waals surface area contributed by atoms with Crippen molar-refractivity contribution in [1.29, 1.82) is 0 Å². The number of benzene rings is 1. The Labute approximate surface area is 179 Å². The van der Waals surface area contributed by atoms with Crippen molar-refractivity contribution < 1.29 is 27.5 Å². The second-order valence-corrected chi connectivity index (χ2v) is 9.58. The molecule has 1 aliphatic heterocycles. The summed E-state index contributed by atoms with van der Waals surface area (Å²) in [6.45, 7) is 0.874. The molecule has 1 aliphatic rings. The summed E-state index contributed by atoms with van der Waals surface area (Å²) in [5.74, 6) is -0.846. The van der Waals surface area contributed by atoms with Crippen LogP contribution in [0.4, 0.5) is 0 Å². The molecule has 30 heavy (non-hydrogen) atoms. The van der Waals surface area contributed by atoms with E-state index in [9.17, 15) is 18.0 Å². The topological polar surface area (TPSA) is 111 Å². The van der Waals surface area contributed by atoms with E-state index in [1.165, 1.54) is 42.7 Å². The van der Waals surface area contributed by atoms with Gasteiger partial charge in [-0.15, -0.1) is 11.3 Å². The van der Waals surface area contributed by atoms with Gasteiger partial charge in [0.15, 0.2) is 0 Å². The van der Waals surface area contributed by atoms with Crippen LogP contribution < -0.4 is 10.0 Å². The maximum Gasteiger partial charge on any atom is 0.307 e. The SMILES string of the molecule is COC(=O)CC(NC(=O)c1ccc(S(=O)(=O)NCC2CCCO2)cc1)c1cccs1. The van der Waals surface area contributed by atoms with Crippen molar-refractivity contribution in [3.8, 4) is 0 Å². The Balaban J connectivity index is 1.65. The summed E-state index contributed by atoms with van der Waals surface area (Å²) >= 11 is 1.42. The van der Waals surface area contributed by atoms with E-state index in [1.807, 2.05) is 17.5 Å². The standard InChI is InChI=1S/C20H24N2O6S2/c1-27-19(23)12-17(18-5-3-11-29-18)22-20(24)14-6-8-16(9-7-14)30(25,26)21-13-15-4-2-10-28-15/h3,5-9,11,15,17,21H,2,4,10,12-13H2,1H3,(H,22,24). The minimum absolute atomic E-state index is 0.00235. The number of esters is 1. The Morgan fingerprint density at radius 2 is 2.03 bits per heavy atom. The summed E-state index contributed by atoms with van der Waals surface area (Å²) in [4.78, 5) is 25.2. The lowest BCUT2D eigenvalue weighted by Gasteiger charge is -2.16. The number of sulfonamides is 1. The average molecular weight is 453 g/mol. The molecule has 1 saturated heterocycles.